The number of amides is 1. The predicted octanol–water partition coefficient (Wildman–Crippen LogP) is 3.25. The topological polar surface area (TPSA) is 64.3 Å². The zero-order valence-electron chi connectivity index (χ0n) is 15.3. The van der Waals surface area contributed by atoms with E-state index in [0.717, 1.165) is 23.3 Å². The summed E-state index contributed by atoms with van der Waals surface area (Å²) in [6, 6.07) is 17.4. The quantitative estimate of drug-likeness (QED) is 0.775. The van der Waals surface area contributed by atoms with Crippen molar-refractivity contribution in [3.63, 3.8) is 0 Å². The number of nitrogens with two attached hydrogens (primary N) is 1. The Morgan fingerprint density at radius 1 is 1.12 bits per heavy atom. The zero-order valence-corrected chi connectivity index (χ0v) is 15.3. The smallest absolute Gasteiger partial charge is 0.244 e. The van der Waals surface area contributed by atoms with Crippen molar-refractivity contribution in [2.24, 2.45) is 11.7 Å². The maximum atomic E-state index is 12.4. The van der Waals surface area contributed by atoms with Crippen molar-refractivity contribution in [2.45, 2.75) is 32.7 Å². The lowest BCUT2D eigenvalue weighted by molar-refractivity contribution is -0.126. The Labute approximate surface area is 150 Å². The Bertz CT molecular complexity index is 664. The van der Waals surface area contributed by atoms with Gasteiger partial charge in [-0.25, -0.2) is 0 Å². The van der Waals surface area contributed by atoms with Crippen molar-refractivity contribution >= 4 is 5.91 Å². The standard InChI is InChI=1S/C21H28N2O2/c1-16(2)15-25-19-11-9-17(10-12-19)13-14-23-20(24)21(3,22)18-7-5-4-6-8-18/h4-12,16H,13-15,22H2,1-3H3,(H,23,24). The van der Waals surface area contributed by atoms with Crippen molar-refractivity contribution < 1.29 is 9.53 Å². The summed E-state index contributed by atoms with van der Waals surface area (Å²) in [7, 11) is 0. The molecule has 4 heteroatoms. The molecule has 4 nitrogen and oxygen atoms in total. The van der Waals surface area contributed by atoms with E-state index in [1.165, 1.54) is 0 Å². The van der Waals surface area contributed by atoms with E-state index in [9.17, 15) is 4.79 Å². The van der Waals surface area contributed by atoms with Crippen molar-refractivity contribution in [1.82, 2.24) is 5.32 Å². The third-order valence-electron chi connectivity index (χ3n) is 4.05. The first-order valence-electron chi connectivity index (χ1n) is 8.74. The summed E-state index contributed by atoms with van der Waals surface area (Å²) in [6.45, 7) is 7.24. The van der Waals surface area contributed by atoms with Crippen LogP contribution in [0.25, 0.3) is 0 Å². The number of carbonyl (C=O) groups is 1. The van der Waals surface area contributed by atoms with Gasteiger partial charge in [-0.1, -0.05) is 56.3 Å². The molecule has 0 aromatic heterocycles. The molecule has 0 aliphatic carbocycles. The third kappa shape index (κ3) is 5.61. The van der Waals surface area contributed by atoms with Crippen LogP contribution >= 0.6 is 0 Å². The van der Waals surface area contributed by atoms with Gasteiger partial charge in [-0.2, -0.15) is 0 Å². The minimum Gasteiger partial charge on any atom is -0.493 e. The molecule has 0 aliphatic heterocycles. The molecule has 2 rings (SSSR count). The second kappa shape index (κ2) is 8.67. The summed E-state index contributed by atoms with van der Waals surface area (Å²) >= 11 is 0. The number of rotatable bonds is 8. The molecule has 3 N–H and O–H groups in total. The van der Waals surface area contributed by atoms with Crippen molar-refractivity contribution in [3.8, 4) is 5.75 Å². The van der Waals surface area contributed by atoms with Crippen LogP contribution in [0, 0.1) is 5.92 Å². The van der Waals surface area contributed by atoms with Gasteiger partial charge in [0.05, 0.1) is 6.61 Å². The minimum absolute atomic E-state index is 0.171. The second-order valence-electron chi connectivity index (χ2n) is 6.92. The molecule has 1 unspecified atom stereocenters. The van der Waals surface area contributed by atoms with E-state index in [1.807, 2.05) is 54.6 Å². The van der Waals surface area contributed by atoms with E-state index in [0.29, 0.717) is 19.1 Å². The van der Waals surface area contributed by atoms with Crippen LogP contribution in [0.1, 0.15) is 31.9 Å². The lowest BCUT2D eigenvalue weighted by atomic mass is 9.92. The molecule has 0 bridgehead atoms. The summed E-state index contributed by atoms with van der Waals surface area (Å²) in [4.78, 5) is 12.4. The molecule has 0 spiro atoms. The van der Waals surface area contributed by atoms with E-state index in [2.05, 4.69) is 19.2 Å². The van der Waals surface area contributed by atoms with Gasteiger partial charge >= 0.3 is 0 Å². The van der Waals surface area contributed by atoms with Gasteiger partial charge in [0.1, 0.15) is 11.3 Å². The largest absolute Gasteiger partial charge is 0.493 e. The van der Waals surface area contributed by atoms with Crippen LogP contribution in [0.5, 0.6) is 5.75 Å². The molecular formula is C21H28N2O2. The van der Waals surface area contributed by atoms with Gasteiger partial charge in [-0.05, 0) is 42.5 Å². The number of carbonyl (C=O) groups excluding carboxylic acids is 1. The third-order valence-corrected chi connectivity index (χ3v) is 4.05. The summed E-state index contributed by atoms with van der Waals surface area (Å²) in [5.74, 6) is 1.21. The Kier molecular flexibility index (Phi) is 6.59. The molecule has 0 radical (unpaired) electrons. The molecule has 134 valence electrons. The molecule has 0 heterocycles. The fraction of sp³-hybridized carbons (Fsp3) is 0.381. The molecule has 0 fully saturated rings. The van der Waals surface area contributed by atoms with E-state index < -0.39 is 5.54 Å². The van der Waals surface area contributed by atoms with Gasteiger partial charge in [-0.15, -0.1) is 0 Å². The Hall–Kier alpha value is -2.33. The van der Waals surface area contributed by atoms with Gasteiger partial charge in [-0.3, -0.25) is 4.79 Å². The SMILES string of the molecule is CC(C)COc1ccc(CCNC(=O)C(C)(N)c2ccccc2)cc1. The van der Waals surface area contributed by atoms with Crippen LogP contribution in [0.4, 0.5) is 0 Å². The second-order valence-corrected chi connectivity index (χ2v) is 6.92. The van der Waals surface area contributed by atoms with Crippen molar-refractivity contribution in [3.05, 3.63) is 65.7 Å². The molecular weight excluding hydrogens is 312 g/mol. The van der Waals surface area contributed by atoms with E-state index in [4.69, 9.17) is 10.5 Å². The summed E-state index contributed by atoms with van der Waals surface area (Å²) in [6.07, 6.45) is 0.751. The average Bonchev–Trinajstić information content (AvgIpc) is 2.61. The minimum atomic E-state index is -1.03. The number of ether oxygens (including phenoxy) is 1. The molecule has 0 saturated heterocycles. The first kappa shape index (κ1) is 19.0. The van der Waals surface area contributed by atoms with Crippen LogP contribution in [0.15, 0.2) is 54.6 Å². The highest BCUT2D eigenvalue weighted by molar-refractivity contribution is 5.86. The fourth-order valence-electron chi connectivity index (χ4n) is 2.43. The fourth-order valence-corrected chi connectivity index (χ4v) is 2.43. The van der Waals surface area contributed by atoms with Crippen LogP contribution in [0.2, 0.25) is 0 Å². The van der Waals surface area contributed by atoms with Gasteiger partial charge in [0.25, 0.3) is 0 Å². The average molecular weight is 340 g/mol. The molecule has 0 saturated carbocycles. The highest BCUT2D eigenvalue weighted by atomic mass is 16.5. The predicted molar refractivity (Wildman–Crippen MR) is 101 cm³/mol. The van der Waals surface area contributed by atoms with Crippen LogP contribution in [-0.2, 0) is 16.8 Å². The first-order valence-corrected chi connectivity index (χ1v) is 8.74. The zero-order chi connectivity index (χ0) is 18.3. The van der Waals surface area contributed by atoms with Crippen LogP contribution < -0.4 is 15.8 Å². The Morgan fingerprint density at radius 3 is 2.36 bits per heavy atom. The maximum Gasteiger partial charge on any atom is 0.244 e. The van der Waals surface area contributed by atoms with Crippen LogP contribution in [-0.4, -0.2) is 19.1 Å². The summed E-state index contributed by atoms with van der Waals surface area (Å²) in [5, 5.41) is 2.93. The highest BCUT2D eigenvalue weighted by Crippen LogP contribution is 2.17. The lowest BCUT2D eigenvalue weighted by Crippen LogP contribution is -2.49. The van der Waals surface area contributed by atoms with Crippen molar-refractivity contribution in [1.29, 1.82) is 0 Å². The van der Waals surface area contributed by atoms with E-state index >= 15 is 0 Å². The van der Waals surface area contributed by atoms with Gasteiger partial charge < -0.3 is 15.8 Å². The molecule has 0 aliphatic rings. The molecule has 1 atom stereocenters. The van der Waals surface area contributed by atoms with E-state index in [-0.39, 0.29) is 5.91 Å². The molecule has 25 heavy (non-hydrogen) atoms. The maximum absolute atomic E-state index is 12.4. The van der Waals surface area contributed by atoms with Crippen molar-refractivity contribution in [2.75, 3.05) is 13.2 Å². The van der Waals surface area contributed by atoms with E-state index in [1.54, 1.807) is 6.92 Å². The summed E-state index contributed by atoms with van der Waals surface area (Å²) < 4.78 is 5.67. The van der Waals surface area contributed by atoms with Gasteiger partial charge in [0.2, 0.25) is 5.91 Å². The highest BCUT2D eigenvalue weighted by Gasteiger charge is 2.29. The lowest BCUT2D eigenvalue weighted by Gasteiger charge is -2.24. The first-order chi connectivity index (χ1) is 11.9. The number of nitrogens with one attached hydrogen (secondary N) is 1. The van der Waals surface area contributed by atoms with Crippen LogP contribution in [0.3, 0.4) is 0 Å². The Morgan fingerprint density at radius 2 is 1.76 bits per heavy atom. The van der Waals surface area contributed by atoms with Gasteiger partial charge in [0.15, 0.2) is 0 Å². The normalized spacial score (nSPS) is 13.3. The molecule has 1 amide bonds. The monoisotopic (exact) mass is 340 g/mol. The molecule has 2 aromatic carbocycles. The number of benzene rings is 2. The Balaban J connectivity index is 1.83. The summed E-state index contributed by atoms with van der Waals surface area (Å²) in [5.41, 5.74) is 7.13. The number of hydrogen-bond acceptors (Lipinski definition) is 3. The van der Waals surface area contributed by atoms with Gasteiger partial charge in [0, 0.05) is 6.54 Å². The number of hydrogen-bond donors (Lipinski definition) is 2. The molecule has 2 aromatic rings.